The fourth-order valence-electron chi connectivity index (χ4n) is 2.37. The van der Waals surface area contributed by atoms with Gasteiger partial charge < -0.3 is 16.2 Å². The van der Waals surface area contributed by atoms with E-state index in [1.54, 1.807) is 0 Å². The van der Waals surface area contributed by atoms with Crippen LogP contribution in [0.15, 0.2) is 0 Å². The van der Waals surface area contributed by atoms with Crippen LogP contribution in [0, 0.1) is 5.92 Å². The van der Waals surface area contributed by atoms with E-state index in [-0.39, 0.29) is 18.4 Å². The Kier molecular flexibility index (Phi) is 6.07. The number of hydrogen-bond acceptors (Lipinski definition) is 4. The Morgan fingerprint density at radius 3 is 2.78 bits per heavy atom. The average Bonchev–Trinajstić information content (AvgIpc) is 2.22. The molecular formula is C12H23N3O3. The van der Waals surface area contributed by atoms with Crippen molar-refractivity contribution < 1.29 is 14.7 Å². The van der Waals surface area contributed by atoms with Crippen molar-refractivity contribution in [3.8, 4) is 0 Å². The topological polar surface area (TPSA) is 95.7 Å². The predicted molar refractivity (Wildman–Crippen MR) is 68.1 cm³/mol. The summed E-state index contributed by atoms with van der Waals surface area (Å²) >= 11 is 0. The number of piperidine rings is 1. The molecule has 1 amide bonds. The minimum atomic E-state index is -0.833. The largest absolute Gasteiger partial charge is 0.481 e. The number of carbonyl (C=O) groups is 2. The maximum absolute atomic E-state index is 11.6. The quantitative estimate of drug-likeness (QED) is 0.565. The molecule has 0 aromatic rings. The van der Waals surface area contributed by atoms with Gasteiger partial charge in [-0.05, 0) is 18.8 Å². The van der Waals surface area contributed by atoms with Crippen molar-refractivity contribution in [3.63, 3.8) is 0 Å². The van der Waals surface area contributed by atoms with E-state index in [0.717, 1.165) is 19.5 Å². The van der Waals surface area contributed by atoms with Crippen molar-refractivity contribution in [1.29, 1.82) is 0 Å². The van der Waals surface area contributed by atoms with Gasteiger partial charge in [-0.2, -0.15) is 0 Å². The maximum Gasteiger partial charge on any atom is 0.303 e. The molecule has 6 heteroatoms. The normalized spacial score (nSPS) is 24.8. The molecule has 1 aliphatic heterocycles. The second-order valence-corrected chi connectivity index (χ2v) is 5.14. The van der Waals surface area contributed by atoms with Gasteiger partial charge in [-0.15, -0.1) is 0 Å². The van der Waals surface area contributed by atoms with E-state index in [0.29, 0.717) is 25.4 Å². The molecule has 0 aromatic carbocycles. The van der Waals surface area contributed by atoms with E-state index in [4.69, 9.17) is 10.8 Å². The summed E-state index contributed by atoms with van der Waals surface area (Å²) in [6.45, 7) is 4.56. The second kappa shape index (κ2) is 7.33. The van der Waals surface area contributed by atoms with Gasteiger partial charge in [0.2, 0.25) is 5.91 Å². The van der Waals surface area contributed by atoms with Crippen LogP contribution < -0.4 is 11.1 Å². The van der Waals surface area contributed by atoms with Crippen LogP contribution >= 0.6 is 0 Å². The summed E-state index contributed by atoms with van der Waals surface area (Å²) < 4.78 is 0. The molecule has 2 atom stereocenters. The highest BCUT2D eigenvalue weighted by molar-refractivity contribution is 5.78. The molecule has 1 heterocycles. The first-order valence-electron chi connectivity index (χ1n) is 6.43. The molecule has 0 radical (unpaired) electrons. The Morgan fingerprint density at radius 2 is 2.17 bits per heavy atom. The van der Waals surface area contributed by atoms with Crippen molar-refractivity contribution >= 4 is 11.9 Å². The Bertz CT molecular complexity index is 286. The van der Waals surface area contributed by atoms with Gasteiger partial charge in [0.05, 0.1) is 6.54 Å². The third-order valence-electron chi connectivity index (χ3n) is 3.02. The number of carbonyl (C=O) groups excluding carboxylic acids is 1. The molecular weight excluding hydrogens is 234 g/mol. The Labute approximate surface area is 108 Å². The number of nitrogens with one attached hydrogen (secondary N) is 1. The van der Waals surface area contributed by atoms with Crippen molar-refractivity contribution in [1.82, 2.24) is 10.2 Å². The van der Waals surface area contributed by atoms with Gasteiger partial charge in [-0.25, -0.2) is 0 Å². The first kappa shape index (κ1) is 14.9. The van der Waals surface area contributed by atoms with Crippen LogP contribution in [-0.4, -0.2) is 54.1 Å². The average molecular weight is 257 g/mol. The van der Waals surface area contributed by atoms with Gasteiger partial charge >= 0.3 is 5.97 Å². The molecule has 0 aliphatic carbocycles. The minimum absolute atomic E-state index is 0.0540. The molecule has 0 bridgehead atoms. The van der Waals surface area contributed by atoms with E-state index in [1.165, 1.54) is 0 Å². The molecule has 104 valence electrons. The number of carboxylic acids is 1. The summed E-state index contributed by atoms with van der Waals surface area (Å²) in [6.07, 6.45) is 1.57. The van der Waals surface area contributed by atoms with Crippen LogP contribution in [0.1, 0.15) is 26.2 Å². The SMILES string of the molecule is CC1CC(N)CN(CC(=O)NCCCC(=O)O)C1. The Balaban J connectivity index is 2.17. The highest BCUT2D eigenvalue weighted by Crippen LogP contribution is 2.14. The fraction of sp³-hybridized carbons (Fsp3) is 0.833. The molecule has 1 saturated heterocycles. The number of carboxylic acid groups (broad SMARTS) is 1. The lowest BCUT2D eigenvalue weighted by atomic mass is 9.97. The smallest absolute Gasteiger partial charge is 0.303 e. The number of aliphatic carboxylic acids is 1. The molecule has 1 rings (SSSR count). The lowest BCUT2D eigenvalue weighted by Crippen LogP contribution is -2.49. The first-order chi connectivity index (χ1) is 8.47. The van der Waals surface area contributed by atoms with E-state index in [1.807, 2.05) is 0 Å². The standard InChI is InChI=1S/C12H23N3O3/c1-9-5-10(13)7-15(6-9)8-11(16)14-4-2-3-12(17)18/h9-10H,2-8,13H2,1H3,(H,14,16)(H,17,18). The lowest BCUT2D eigenvalue weighted by molar-refractivity contribution is -0.137. The number of likely N-dealkylation sites (tertiary alicyclic amines) is 1. The molecule has 6 nitrogen and oxygen atoms in total. The Morgan fingerprint density at radius 1 is 1.44 bits per heavy atom. The zero-order chi connectivity index (χ0) is 13.5. The van der Waals surface area contributed by atoms with Crippen LogP contribution in [0.4, 0.5) is 0 Å². The van der Waals surface area contributed by atoms with Gasteiger partial charge in [0.25, 0.3) is 0 Å². The number of hydrogen-bond donors (Lipinski definition) is 3. The number of nitrogens with zero attached hydrogens (tertiary/aromatic N) is 1. The maximum atomic E-state index is 11.6. The third kappa shape index (κ3) is 5.97. The number of nitrogens with two attached hydrogens (primary N) is 1. The molecule has 0 aromatic heterocycles. The molecule has 4 N–H and O–H groups in total. The molecule has 1 fully saturated rings. The van der Waals surface area contributed by atoms with Crippen molar-refractivity contribution in [3.05, 3.63) is 0 Å². The molecule has 0 saturated carbocycles. The van der Waals surface area contributed by atoms with E-state index < -0.39 is 5.97 Å². The van der Waals surface area contributed by atoms with Gasteiger partial charge in [-0.1, -0.05) is 6.92 Å². The summed E-state index contributed by atoms with van der Waals surface area (Å²) in [5, 5.41) is 11.2. The highest BCUT2D eigenvalue weighted by Gasteiger charge is 2.23. The zero-order valence-electron chi connectivity index (χ0n) is 10.9. The van der Waals surface area contributed by atoms with Crippen molar-refractivity contribution in [2.45, 2.75) is 32.2 Å². The second-order valence-electron chi connectivity index (χ2n) is 5.14. The van der Waals surface area contributed by atoms with Crippen LogP contribution in [0.2, 0.25) is 0 Å². The molecule has 18 heavy (non-hydrogen) atoms. The summed E-state index contributed by atoms with van der Waals surface area (Å²) in [4.78, 5) is 24.0. The molecule has 1 aliphatic rings. The summed E-state index contributed by atoms with van der Waals surface area (Å²) in [5.41, 5.74) is 5.91. The van der Waals surface area contributed by atoms with Crippen LogP contribution in [-0.2, 0) is 9.59 Å². The summed E-state index contributed by atoms with van der Waals surface area (Å²) in [5.74, 6) is -0.365. The van der Waals surface area contributed by atoms with Gasteiger partial charge in [-0.3, -0.25) is 14.5 Å². The van der Waals surface area contributed by atoms with E-state index in [2.05, 4.69) is 17.1 Å². The number of rotatable bonds is 6. The molecule has 0 spiro atoms. The number of amides is 1. The zero-order valence-corrected chi connectivity index (χ0v) is 10.9. The lowest BCUT2D eigenvalue weighted by Gasteiger charge is -2.34. The summed E-state index contributed by atoms with van der Waals surface area (Å²) in [6, 6.07) is 0.147. The fourth-order valence-corrected chi connectivity index (χ4v) is 2.37. The van der Waals surface area contributed by atoms with Crippen LogP contribution in [0.5, 0.6) is 0 Å². The van der Waals surface area contributed by atoms with Gasteiger partial charge in [0.15, 0.2) is 0 Å². The van der Waals surface area contributed by atoms with E-state index in [9.17, 15) is 9.59 Å². The first-order valence-corrected chi connectivity index (χ1v) is 6.43. The predicted octanol–water partition coefficient (Wildman–Crippen LogP) is -0.363. The highest BCUT2D eigenvalue weighted by atomic mass is 16.4. The minimum Gasteiger partial charge on any atom is -0.481 e. The van der Waals surface area contributed by atoms with Crippen molar-refractivity contribution in [2.24, 2.45) is 11.7 Å². The Hall–Kier alpha value is -1.14. The third-order valence-corrected chi connectivity index (χ3v) is 3.02. The summed E-state index contributed by atoms with van der Waals surface area (Å²) in [7, 11) is 0. The van der Waals surface area contributed by atoms with Crippen LogP contribution in [0.3, 0.4) is 0 Å². The van der Waals surface area contributed by atoms with Crippen molar-refractivity contribution in [2.75, 3.05) is 26.2 Å². The van der Waals surface area contributed by atoms with Gasteiger partial charge in [0, 0.05) is 32.1 Å². The van der Waals surface area contributed by atoms with E-state index >= 15 is 0 Å². The van der Waals surface area contributed by atoms with Crippen LogP contribution in [0.25, 0.3) is 0 Å². The monoisotopic (exact) mass is 257 g/mol. The van der Waals surface area contributed by atoms with Gasteiger partial charge in [0.1, 0.15) is 0 Å². The molecule has 2 unspecified atom stereocenters.